The Morgan fingerprint density at radius 2 is 0.850 bits per heavy atom. The zero-order valence-electron chi connectivity index (χ0n) is 16.6. The lowest BCUT2D eigenvalue weighted by Gasteiger charge is -2.58. The van der Waals surface area contributed by atoms with Gasteiger partial charge in [0.2, 0.25) is 0 Å². The van der Waals surface area contributed by atoms with Crippen molar-refractivity contribution in [1.29, 1.82) is 0 Å². The Hall–Kier alpha value is 0. The summed E-state index contributed by atoms with van der Waals surface area (Å²) in [6.45, 7) is 8.97. The molecular formula is C20H40. The van der Waals surface area contributed by atoms with Gasteiger partial charge in [0.1, 0.15) is 0 Å². The molecule has 0 N–H and O–H groups in total. The van der Waals surface area contributed by atoms with Crippen LogP contribution in [0.15, 0.2) is 0 Å². The third kappa shape index (κ3) is 5.08. The van der Waals surface area contributed by atoms with Crippen LogP contribution in [0.2, 0.25) is 0 Å². The van der Waals surface area contributed by atoms with Crippen molar-refractivity contribution in [2.24, 2.45) is 10.8 Å². The first kappa shape index (κ1) is 14.9. The average Bonchev–Trinajstić information content (AvgIpc) is 2.55. The van der Waals surface area contributed by atoms with Crippen LogP contribution in [0.1, 0.15) is 120 Å². The average molecular weight is 283 g/mol. The fourth-order valence-corrected chi connectivity index (χ4v) is 3.98. The summed E-state index contributed by atoms with van der Waals surface area (Å²) in [5, 5.41) is 0. The Morgan fingerprint density at radius 1 is 0.600 bits per heavy atom. The monoisotopic (exact) mass is 282 g/mol. The van der Waals surface area contributed by atoms with Crippen LogP contribution in [-0.4, -0.2) is 0 Å². The van der Waals surface area contributed by atoms with Gasteiger partial charge in [-0.25, -0.2) is 0 Å². The molecule has 0 aromatic carbocycles. The van der Waals surface area contributed by atoms with Crippen molar-refractivity contribution in [2.45, 2.75) is 118 Å². The lowest BCUT2D eigenvalue weighted by Crippen LogP contribution is -2.46. The second kappa shape index (κ2) is 9.11. The molecule has 0 spiro atoms. The van der Waals surface area contributed by atoms with Crippen molar-refractivity contribution in [1.82, 2.24) is 0 Å². The molecule has 0 heterocycles. The molecule has 0 unspecified atom stereocenters. The van der Waals surface area contributed by atoms with Gasteiger partial charge in [-0.15, -0.1) is 0 Å². The molecule has 0 radical (unpaired) electrons. The van der Waals surface area contributed by atoms with E-state index in [1.807, 2.05) is 0 Å². The summed E-state index contributed by atoms with van der Waals surface area (Å²) in [6.07, 6.45) is 14.1. The summed E-state index contributed by atoms with van der Waals surface area (Å²) in [4.78, 5) is 0. The van der Waals surface area contributed by atoms with Crippen molar-refractivity contribution in [3.05, 3.63) is 0 Å². The van der Waals surface area contributed by atoms with Crippen molar-refractivity contribution in [3.8, 4) is 0 Å². The summed E-state index contributed by atoms with van der Waals surface area (Å²) in [6, 6.07) is 0. The van der Waals surface area contributed by atoms with Crippen molar-refractivity contribution >= 4 is 0 Å². The molecule has 0 bridgehead atoms. The highest BCUT2D eigenvalue weighted by Gasteiger charge is 2.51. The lowest BCUT2D eigenvalue weighted by molar-refractivity contribution is -0.0701. The fraction of sp³-hybridized carbons (Fsp3) is 1.00. The van der Waals surface area contributed by atoms with Crippen molar-refractivity contribution < 1.29 is 2.74 Å². The molecular weight excluding hydrogens is 240 g/mol. The van der Waals surface area contributed by atoms with Crippen molar-refractivity contribution in [3.63, 3.8) is 0 Å². The van der Waals surface area contributed by atoms with E-state index in [2.05, 4.69) is 27.7 Å². The zero-order chi connectivity index (χ0) is 16.6. The van der Waals surface area contributed by atoms with Gasteiger partial charge in [0.05, 0.1) is 0 Å². The van der Waals surface area contributed by atoms with Crippen molar-refractivity contribution in [2.75, 3.05) is 0 Å². The minimum atomic E-state index is 0.00744. The number of hydrogen-bond acceptors (Lipinski definition) is 0. The van der Waals surface area contributed by atoms with Crippen LogP contribution < -0.4 is 0 Å². The van der Waals surface area contributed by atoms with Gasteiger partial charge in [-0.2, -0.15) is 0 Å². The quantitative estimate of drug-likeness (QED) is 0.347. The van der Waals surface area contributed by atoms with Crippen LogP contribution in [0.4, 0.5) is 0 Å². The Kier molecular flexibility index (Phi) is 6.79. The minimum absolute atomic E-state index is 0.00744. The lowest BCUT2D eigenvalue weighted by atomic mass is 9.47. The highest BCUT2D eigenvalue weighted by Crippen LogP contribution is 2.63. The van der Waals surface area contributed by atoms with Crippen LogP contribution in [0.3, 0.4) is 0 Å². The normalized spacial score (nSPS) is 28.6. The van der Waals surface area contributed by atoms with Gasteiger partial charge in [0.25, 0.3) is 0 Å². The predicted molar refractivity (Wildman–Crippen MR) is 92.2 cm³/mol. The molecule has 0 aliphatic heterocycles. The van der Waals surface area contributed by atoms with Crippen LogP contribution in [-0.2, 0) is 0 Å². The first-order valence-corrected chi connectivity index (χ1v) is 9.40. The second-order valence-electron chi connectivity index (χ2n) is 7.17. The highest BCUT2D eigenvalue weighted by molar-refractivity contribution is 5.02. The molecule has 0 heteroatoms. The molecule has 0 amide bonds. The third-order valence-electron chi connectivity index (χ3n) is 5.13. The fourth-order valence-electron chi connectivity index (χ4n) is 3.98. The van der Waals surface area contributed by atoms with Gasteiger partial charge in [-0.1, -0.05) is 79.1 Å². The van der Waals surface area contributed by atoms with E-state index in [4.69, 9.17) is 2.74 Å². The molecule has 0 aromatic heterocycles. The number of hydrogen-bond donors (Lipinski definition) is 0. The molecule has 1 fully saturated rings. The van der Waals surface area contributed by atoms with Crippen LogP contribution in [0, 0.1) is 10.8 Å². The maximum absolute atomic E-state index is 9.05. The van der Waals surface area contributed by atoms with E-state index in [-0.39, 0.29) is 23.6 Å². The van der Waals surface area contributed by atoms with E-state index >= 15 is 0 Å². The predicted octanol–water partition coefficient (Wildman–Crippen LogP) is 7.51. The molecule has 0 atom stereocenters. The summed E-state index contributed by atoms with van der Waals surface area (Å²) in [5.41, 5.74) is 0.0149. The van der Waals surface area contributed by atoms with E-state index in [1.165, 1.54) is 51.4 Å². The Labute approximate surface area is 131 Å². The maximum atomic E-state index is 9.05. The summed E-state index contributed by atoms with van der Waals surface area (Å²) >= 11 is 0. The summed E-state index contributed by atoms with van der Waals surface area (Å²) < 4.78 is 18.1. The maximum Gasteiger partial charge on any atom is 0.0278 e. The van der Waals surface area contributed by atoms with E-state index in [0.29, 0.717) is 0 Å². The third-order valence-corrected chi connectivity index (χ3v) is 5.13. The molecule has 1 aliphatic rings. The van der Waals surface area contributed by atoms with E-state index in [1.54, 1.807) is 0 Å². The molecule has 1 aliphatic carbocycles. The second-order valence-corrected chi connectivity index (χ2v) is 7.17. The molecule has 0 aromatic rings. The van der Waals surface area contributed by atoms with Gasteiger partial charge in [0.15, 0.2) is 0 Å². The Morgan fingerprint density at radius 3 is 1.05 bits per heavy atom. The zero-order valence-corrected chi connectivity index (χ0v) is 14.6. The number of unbranched alkanes of at least 4 members (excludes halogenated alkanes) is 4. The molecule has 20 heavy (non-hydrogen) atoms. The minimum Gasteiger partial charge on any atom is -0.0654 e. The van der Waals surface area contributed by atoms with E-state index < -0.39 is 0 Å². The first-order chi connectivity index (χ1) is 10.6. The molecule has 1 rings (SSSR count). The largest absolute Gasteiger partial charge is 0.0654 e. The summed E-state index contributed by atoms with van der Waals surface area (Å²) in [5.74, 6) is 0. The Balaban J connectivity index is 2.91. The van der Waals surface area contributed by atoms with Gasteiger partial charge in [-0.05, 0) is 49.3 Å². The van der Waals surface area contributed by atoms with Gasteiger partial charge < -0.3 is 0 Å². The summed E-state index contributed by atoms with van der Waals surface area (Å²) in [7, 11) is 0. The van der Waals surface area contributed by atoms with Gasteiger partial charge >= 0.3 is 0 Å². The van der Waals surface area contributed by atoms with Crippen LogP contribution in [0.25, 0.3) is 0 Å². The SMILES string of the molecule is [2H]C1C(CCCC)(CCCC)C([2H])C1(CCCC)CCCC. The molecule has 0 saturated heterocycles. The smallest absolute Gasteiger partial charge is 0.0278 e. The molecule has 120 valence electrons. The Bertz CT molecular complexity index is 242. The standard InChI is InChI=1S/C20H40/c1-5-9-13-19(14-10-6-2)17-20(18-19,15-11-7-3)16-12-8-4/h5-18H2,1-4H3/i17D,18D. The highest BCUT2D eigenvalue weighted by atomic mass is 14.6. The van der Waals surface area contributed by atoms with Crippen LogP contribution in [0.5, 0.6) is 0 Å². The first-order valence-electron chi connectivity index (χ1n) is 10.6. The van der Waals surface area contributed by atoms with Gasteiger partial charge in [-0.3, -0.25) is 0 Å². The molecule has 1 saturated carbocycles. The van der Waals surface area contributed by atoms with Crippen LogP contribution >= 0.6 is 0 Å². The topological polar surface area (TPSA) is 0 Å². The number of rotatable bonds is 12. The van der Waals surface area contributed by atoms with E-state index in [9.17, 15) is 0 Å². The molecule has 0 nitrogen and oxygen atoms in total. The van der Waals surface area contributed by atoms with E-state index in [0.717, 1.165) is 25.7 Å². The van der Waals surface area contributed by atoms with Gasteiger partial charge in [0, 0.05) is 2.74 Å².